The number of nitrogens with zero attached hydrogens (tertiary/aromatic N) is 4. The molecule has 2 N–H and O–H groups in total. The normalized spacial score (nSPS) is 18.0. The molecule has 1 saturated carbocycles. The number of aromatic nitrogens is 2. The molecule has 1 aromatic heterocycles. The highest BCUT2D eigenvalue weighted by molar-refractivity contribution is 7.99. The van der Waals surface area contributed by atoms with Gasteiger partial charge in [0.15, 0.2) is 0 Å². The van der Waals surface area contributed by atoms with Crippen molar-refractivity contribution in [2.45, 2.75) is 75.6 Å². The molecule has 2 aliphatic rings. The van der Waals surface area contributed by atoms with Crippen molar-refractivity contribution in [2.24, 2.45) is 5.92 Å². The maximum atomic E-state index is 13.8. The van der Waals surface area contributed by atoms with E-state index in [1.807, 2.05) is 46.1 Å². The molecule has 2 heterocycles. The predicted octanol–water partition coefficient (Wildman–Crippen LogP) is 3.46. The third-order valence-electron chi connectivity index (χ3n) is 7.94. The summed E-state index contributed by atoms with van der Waals surface area (Å²) >= 11 is 1.43. The Morgan fingerprint density at radius 2 is 1.84 bits per heavy atom. The third-order valence-corrected chi connectivity index (χ3v) is 8.74. The number of thioether (sulfide) groups is 1. The van der Waals surface area contributed by atoms with Gasteiger partial charge in [0.1, 0.15) is 11.5 Å². The summed E-state index contributed by atoms with van der Waals surface area (Å²) < 4.78 is 11.3. The van der Waals surface area contributed by atoms with Crippen LogP contribution in [-0.4, -0.2) is 96.0 Å². The van der Waals surface area contributed by atoms with Crippen LogP contribution in [-0.2, 0) is 20.9 Å². The Labute approximate surface area is 258 Å². The van der Waals surface area contributed by atoms with E-state index in [1.165, 1.54) is 11.8 Å². The smallest absolute Gasteiger partial charge is 0.276 e. The van der Waals surface area contributed by atoms with Crippen molar-refractivity contribution in [2.75, 3.05) is 52.7 Å². The van der Waals surface area contributed by atoms with Crippen molar-refractivity contribution in [1.82, 2.24) is 30.6 Å². The van der Waals surface area contributed by atoms with Crippen LogP contribution in [0.3, 0.4) is 0 Å². The highest BCUT2D eigenvalue weighted by Crippen LogP contribution is 2.31. The van der Waals surface area contributed by atoms with Gasteiger partial charge in [-0.2, -0.15) is 0 Å². The molecule has 0 bridgehead atoms. The molecule has 2 aromatic rings. The van der Waals surface area contributed by atoms with Crippen LogP contribution in [0.5, 0.6) is 0 Å². The number of hydrogen-bond acceptors (Lipinski definition) is 10. The van der Waals surface area contributed by atoms with E-state index < -0.39 is 23.3 Å². The summed E-state index contributed by atoms with van der Waals surface area (Å²) in [6.07, 6.45) is 3.91. The summed E-state index contributed by atoms with van der Waals surface area (Å²) in [5.74, 6) is -0.938. The van der Waals surface area contributed by atoms with Crippen LogP contribution < -0.4 is 10.6 Å². The lowest BCUT2D eigenvalue weighted by molar-refractivity contribution is -0.136. The SMILES string of the molecule is CC(C)CC(C(=O)NC(=O)C1(NC(=O)c2cccc(CN3CCOCC3)c2)CCCCC1)c1nnc(SCCN(C)C)o1. The maximum absolute atomic E-state index is 13.8. The summed E-state index contributed by atoms with van der Waals surface area (Å²) in [6, 6.07) is 7.52. The molecule has 1 aliphatic carbocycles. The second kappa shape index (κ2) is 15.8. The van der Waals surface area contributed by atoms with Gasteiger partial charge in [-0.15, -0.1) is 10.2 Å². The maximum Gasteiger partial charge on any atom is 0.276 e. The predicted molar refractivity (Wildman–Crippen MR) is 165 cm³/mol. The summed E-state index contributed by atoms with van der Waals surface area (Å²) in [7, 11) is 3.98. The van der Waals surface area contributed by atoms with Gasteiger partial charge >= 0.3 is 0 Å². The van der Waals surface area contributed by atoms with Gasteiger partial charge in [0, 0.05) is 37.5 Å². The van der Waals surface area contributed by atoms with Gasteiger partial charge in [-0.05, 0) is 57.0 Å². The summed E-state index contributed by atoms with van der Waals surface area (Å²) in [5.41, 5.74) is 0.357. The number of carbonyl (C=O) groups is 3. The first-order valence-electron chi connectivity index (χ1n) is 15.3. The van der Waals surface area contributed by atoms with E-state index in [0.717, 1.165) is 56.8 Å². The summed E-state index contributed by atoms with van der Waals surface area (Å²) in [6.45, 7) is 8.70. The minimum Gasteiger partial charge on any atom is -0.415 e. The van der Waals surface area contributed by atoms with Crippen molar-refractivity contribution >= 4 is 29.5 Å². The first-order chi connectivity index (χ1) is 20.6. The van der Waals surface area contributed by atoms with Crippen LogP contribution >= 0.6 is 11.8 Å². The Morgan fingerprint density at radius 1 is 1.09 bits per heavy atom. The van der Waals surface area contributed by atoms with Crippen molar-refractivity contribution in [3.63, 3.8) is 0 Å². The number of ether oxygens (including phenoxy) is 1. The Kier molecular flexibility index (Phi) is 12.2. The second-order valence-corrected chi connectivity index (χ2v) is 13.3. The van der Waals surface area contributed by atoms with Crippen LogP contribution in [0, 0.1) is 5.92 Å². The molecule has 1 aliphatic heterocycles. The van der Waals surface area contributed by atoms with E-state index >= 15 is 0 Å². The van der Waals surface area contributed by atoms with Gasteiger partial charge in [0.05, 0.1) is 13.2 Å². The van der Waals surface area contributed by atoms with E-state index in [-0.39, 0.29) is 17.7 Å². The minimum absolute atomic E-state index is 0.149. The summed E-state index contributed by atoms with van der Waals surface area (Å²) in [5, 5.41) is 14.4. The van der Waals surface area contributed by atoms with Crippen molar-refractivity contribution in [3.05, 3.63) is 41.3 Å². The van der Waals surface area contributed by atoms with Crippen LogP contribution in [0.1, 0.15) is 80.1 Å². The van der Waals surface area contributed by atoms with Gasteiger partial charge in [-0.1, -0.05) is 57.0 Å². The molecule has 0 radical (unpaired) electrons. The van der Waals surface area contributed by atoms with Crippen LogP contribution in [0.4, 0.5) is 0 Å². The Hall–Kier alpha value is -2.80. The van der Waals surface area contributed by atoms with E-state index in [2.05, 4.69) is 30.6 Å². The molecule has 1 atom stereocenters. The van der Waals surface area contributed by atoms with Gasteiger partial charge in [-0.3, -0.25) is 24.6 Å². The van der Waals surface area contributed by atoms with Crippen molar-refractivity contribution < 1.29 is 23.5 Å². The topological polar surface area (TPSA) is 130 Å². The molecule has 1 unspecified atom stereocenters. The average Bonchev–Trinajstić information content (AvgIpc) is 3.45. The third kappa shape index (κ3) is 9.59. The lowest BCUT2D eigenvalue weighted by Gasteiger charge is -2.36. The molecule has 0 spiro atoms. The molecule has 4 rings (SSSR count). The van der Waals surface area contributed by atoms with Crippen molar-refractivity contribution in [1.29, 1.82) is 0 Å². The number of morpholine rings is 1. The van der Waals surface area contributed by atoms with Gasteiger partial charge < -0.3 is 19.4 Å². The van der Waals surface area contributed by atoms with E-state index in [0.29, 0.717) is 43.3 Å². The molecule has 12 heteroatoms. The van der Waals surface area contributed by atoms with Crippen LogP contribution in [0.15, 0.2) is 33.9 Å². The molecular weight excluding hydrogens is 568 g/mol. The Morgan fingerprint density at radius 3 is 2.53 bits per heavy atom. The number of benzene rings is 1. The number of rotatable bonds is 13. The molecular formula is C31H46N6O5S. The number of carbonyl (C=O) groups excluding carboxylic acids is 3. The number of amides is 3. The lowest BCUT2D eigenvalue weighted by Crippen LogP contribution is -2.61. The van der Waals surface area contributed by atoms with Crippen LogP contribution in [0.25, 0.3) is 0 Å². The zero-order valence-electron chi connectivity index (χ0n) is 25.9. The molecule has 3 amide bonds. The number of nitrogens with one attached hydrogen (secondary N) is 2. The summed E-state index contributed by atoms with van der Waals surface area (Å²) in [4.78, 5) is 45.3. The molecule has 1 aromatic carbocycles. The monoisotopic (exact) mass is 614 g/mol. The average molecular weight is 615 g/mol. The molecule has 43 heavy (non-hydrogen) atoms. The fraction of sp³-hybridized carbons (Fsp3) is 0.645. The number of imide groups is 1. The molecule has 1 saturated heterocycles. The Balaban J connectivity index is 1.45. The van der Waals surface area contributed by atoms with E-state index in [9.17, 15) is 14.4 Å². The van der Waals surface area contributed by atoms with Gasteiger partial charge in [-0.25, -0.2) is 0 Å². The van der Waals surface area contributed by atoms with Crippen molar-refractivity contribution in [3.8, 4) is 0 Å². The van der Waals surface area contributed by atoms with E-state index in [1.54, 1.807) is 6.07 Å². The molecule has 236 valence electrons. The zero-order valence-corrected chi connectivity index (χ0v) is 26.7. The molecule has 2 fully saturated rings. The standard InChI is InChI=1S/C31H46N6O5S/c1-22(2)19-25(28-34-35-30(42-28)43-18-15-36(3)4)27(39)32-29(40)31(11-6-5-7-12-31)33-26(38)24-10-8-9-23(20-24)21-37-13-16-41-17-14-37/h8-10,20,22,25H,5-7,11-19,21H2,1-4H3,(H,33,38)(H,32,39,40). The minimum atomic E-state index is -1.17. The van der Waals surface area contributed by atoms with E-state index in [4.69, 9.17) is 9.15 Å². The quantitative estimate of drug-likeness (QED) is 0.324. The highest BCUT2D eigenvalue weighted by Gasteiger charge is 2.43. The first kappa shape index (κ1) is 33.1. The largest absolute Gasteiger partial charge is 0.415 e. The van der Waals surface area contributed by atoms with Crippen LogP contribution in [0.2, 0.25) is 0 Å². The van der Waals surface area contributed by atoms with Gasteiger partial charge in [0.25, 0.3) is 17.0 Å². The van der Waals surface area contributed by atoms with Gasteiger partial charge in [0.2, 0.25) is 11.8 Å². The highest BCUT2D eigenvalue weighted by atomic mass is 32.2. The Bertz CT molecular complexity index is 1220. The number of hydrogen-bond donors (Lipinski definition) is 2. The fourth-order valence-corrected chi connectivity index (χ4v) is 6.40. The second-order valence-electron chi connectivity index (χ2n) is 12.2. The first-order valence-corrected chi connectivity index (χ1v) is 16.3. The fourth-order valence-electron chi connectivity index (χ4n) is 5.53. The zero-order chi connectivity index (χ0) is 30.8. The molecule has 11 nitrogen and oxygen atoms in total. The lowest BCUT2D eigenvalue weighted by atomic mass is 9.80.